The number of ether oxygens (including phenoxy) is 1. The molecule has 1 saturated heterocycles. The van der Waals surface area contributed by atoms with Crippen LogP contribution in [0.1, 0.15) is 12.8 Å². The van der Waals surface area contributed by atoms with Gasteiger partial charge in [0, 0.05) is 13.2 Å². The van der Waals surface area contributed by atoms with Crippen molar-refractivity contribution < 1.29 is 4.74 Å². The minimum atomic E-state index is 0.514. The predicted octanol–water partition coefficient (Wildman–Crippen LogP) is 0.547. The highest BCUT2D eigenvalue weighted by atomic mass is 16.5. The summed E-state index contributed by atoms with van der Waals surface area (Å²) in [5.41, 5.74) is 0. The van der Waals surface area contributed by atoms with Gasteiger partial charge in [0.25, 0.3) is 0 Å². The summed E-state index contributed by atoms with van der Waals surface area (Å²) in [4.78, 5) is 0. The van der Waals surface area contributed by atoms with Crippen LogP contribution in [0.15, 0.2) is 0 Å². The molecule has 0 saturated carbocycles. The molecule has 0 unspecified atom stereocenters. The topological polar surface area (TPSA) is 21.3 Å². The van der Waals surface area contributed by atoms with E-state index in [1.165, 1.54) is 12.8 Å². The van der Waals surface area contributed by atoms with Crippen LogP contribution in [0.2, 0.25) is 0 Å². The van der Waals surface area contributed by atoms with E-state index in [4.69, 9.17) is 4.74 Å². The summed E-state index contributed by atoms with van der Waals surface area (Å²) in [5.74, 6) is 0. The Kier molecular flexibility index (Phi) is 2.30. The van der Waals surface area contributed by atoms with Crippen LogP contribution in [0, 0.1) is 6.61 Å². The Labute approximate surface area is 50.2 Å². The van der Waals surface area contributed by atoms with Gasteiger partial charge in [0.15, 0.2) is 0 Å². The molecule has 0 amide bonds. The van der Waals surface area contributed by atoms with E-state index in [1.807, 2.05) is 6.61 Å². The maximum absolute atomic E-state index is 4.84. The minimum Gasteiger partial charge on any atom is -0.377 e. The maximum Gasteiger partial charge on any atom is 0.1000 e. The van der Waals surface area contributed by atoms with Gasteiger partial charge in [0.1, 0.15) is 0 Å². The van der Waals surface area contributed by atoms with Gasteiger partial charge in [0.2, 0.25) is 0 Å². The Morgan fingerprint density at radius 1 is 1.75 bits per heavy atom. The largest absolute Gasteiger partial charge is 0.377 e. The third-order valence-corrected chi connectivity index (χ3v) is 1.40. The van der Waals surface area contributed by atoms with Crippen molar-refractivity contribution in [1.29, 1.82) is 0 Å². The molecule has 1 aliphatic heterocycles. The second kappa shape index (κ2) is 3.05. The first-order valence-electron chi connectivity index (χ1n) is 3.03. The second-order valence-electron chi connectivity index (χ2n) is 2.07. The summed E-state index contributed by atoms with van der Waals surface area (Å²) in [7, 11) is 1.69. The molecular weight excluding hydrogens is 102 g/mol. The van der Waals surface area contributed by atoms with Gasteiger partial charge in [-0.15, -0.1) is 0 Å². The third-order valence-electron chi connectivity index (χ3n) is 1.40. The zero-order valence-electron chi connectivity index (χ0n) is 5.18. The highest BCUT2D eigenvalue weighted by Gasteiger charge is 2.12. The average Bonchev–Trinajstić information content (AvgIpc) is 2.19. The van der Waals surface area contributed by atoms with Crippen molar-refractivity contribution in [3.63, 3.8) is 0 Å². The van der Waals surface area contributed by atoms with E-state index in [9.17, 15) is 0 Å². The van der Waals surface area contributed by atoms with Crippen LogP contribution in [-0.2, 0) is 4.74 Å². The van der Waals surface area contributed by atoms with Gasteiger partial charge in [-0.3, -0.25) is 0 Å². The minimum absolute atomic E-state index is 0.514. The van der Waals surface area contributed by atoms with Crippen molar-refractivity contribution in [2.75, 3.05) is 13.7 Å². The van der Waals surface area contributed by atoms with E-state index in [-0.39, 0.29) is 0 Å². The molecule has 8 heavy (non-hydrogen) atoms. The highest BCUT2D eigenvalue weighted by molar-refractivity contribution is 4.80. The molecule has 0 aromatic carbocycles. The first-order chi connectivity index (χ1) is 3.93. The van der Waals surface area contributed by atoms with Crippen molar-refractivity contribution >= 4 is 0 Å². The number of hydrogen-bond donors (Lipinski definition) is 1. The molecule has 2 nitrogen and oxygen atoms in total. The van der Waals surface area contributed by atoms with E-state index >= 15 is 0 Å². The van der Waals surface area contributed by atoms with Gasteiger partial charge in [-0.2, -0.15) is 0 Å². The quantitative estimate of drug-likeness (QED) is 0.566. The Morgan fingerprint density at radius 2 is 2.62 bits per heavy atom. The van der Waals surface area contributed by atoms with Crippen molar-refractivity contribution in [2.45, 2.75) is 18.9 Å². The van der Waals surface area contributed by atoms with Crippen LogP contribution in [0.4, 0.5) is 0 Å². The van der Waals surface area contributed by atoms with E-state index in [0.29, 0.717) is 6.04 Å². The summed E-state index contributed by atoms with van der Waals surface area (Å²) in [5, 5.41) is 3.28. The molecule has 1 fully saturated rings. The third kappa shape index (κ3) is 1.46. The lowest BCUT2D eigenvalue weighted by atomic mass is 10.2. The summed E-state index contributed by atoms with van der Waals surface area (Å²) >= 11 is 0. The molecule has 0 bridgehead atoms. The monoisotopic (exact) mass is 114 g/mol. The smallest absolute Gasteiger partial charge is 0.1000 e. The maximum atomic E-state index is 4.84. The van der Waals surface area contributed by atoms with E-state index in [2.05, 4.69) is 5.32 Å². The number of rotatable bonds is 2. The predicted molar refractivity (Wildman–Crippen MR) is 32.3 cm³/mol. The van der Waals surface area contributed by atoms with Crippen LogP contribution in [0.25, 0.3) is 0 Å². The van der Waals surface area contributed by atoms with E-state index in [0.717, 1.165) is 6.54 Å². The van der Waals surface area contributed by atoms with Gasteiger partial charge in [-0.25, -0.2) is 0 Å². The molecule has 1 atom stereocenters. The molecule has 0 spiro atoms. The van der Waals surface area contributed by atoms with Crippen LogP contribution < -0.4 is 5.32 Å². The lowest BCUT2D eigenvalue weighted by Crippen LogP contribution is -2.21. The van der Waals surface area contributed by atoms with Gasteiger partial charge in [-0.1, -0.05) is 0 Å². The molecule has 0 aromatic heterocycles. The molecule has 0 aromatic rings. The van der Waals surface area contributed by atoms with Crippen molar-refractivity contribution in [1.82, 2.24) is 5.32 Å². The summed E-state index contributed by atoms with van der Waals surface area (Å²) in [6, 6.07) is 0.514. The Balaban J connectivity index is 2.06. The molecule has 1 N–H and O–H groups in total. The standard InChI is InChI=1S/C6H12NO/c1-8-5-6-3-2-4-7-6/h5-7H,2-4H2,1H3/t6-/m1/s1. The lowest BCUT2D eigenvalue weighted by Gasteiger charge is -2.04. The normalized spacial score (nSPS) is 28.9. The first kappa shape index (κ1) is 6.05. The SMILES string of the molecule is CO[CH][C@H]1CCCN1. The summed E-state index contributed by atoms with van der Waals surface area (Å²) in [6.07, 6.45) is 2.51. The fourth-order valence-electron chi connectivity index (χ4n) is 0.992. The number of methoxy groups -OCH3 is 1. The number of hydrogen-bond acceptors (Lipinski definition) is 2. The lowest BCUT2D eigenvalue weighted by molar-refractivity contribution is 0.245. The Bertz CT molecular complexity index is 59.5. The molecule has 2 heteroatoms. The van der Waals surface area contributed by atoms with Crippen LogP contribution in [-0.4, -0.2) is 19.7 Å². The first-order valence-corrected chi connectivity index (χ1v) is 3.03. The zero-order chi connectivity index (χ0) is 5.82. The molecule has 1 rings (SSSR count). The number of nitrogens with one attached hydrogen (secondary N) is 1. The molecule has 0 aliphatic carbocycles. The van der Waals surface area contributed by atoms with E-state index in [1.54, 1.807) is 7.11 Å². The van der Waals surface area contributed by atoms with E-state index < -0.39 is 0 Å². The molecule has 1 radical (unpaired) electrons. The molecule has 1 heterocycles. The highest BCUT2D eigenvalue weighted by Crippen LogP contribution is 2.06. The van der Waals surface area contributed by atoms with Gasteiger partial charge in [-0.05, 0) is 19.4 Å². The van der Waals surface area contributed by atoms with Crippen molar-refractivity contribution in [3.8, 4) is 0 Å². The average molecular weight is 114 g/mol. The Hall–Kier alpha value is -0.0800. The van der Waals surface area contributed by atoms with Crippen LogP contribution >= 0.6 is 0 Å². The molecular formula is C6H12NO. The van der Waals surface area contributed by atoms with Crippen molar-refractivity contribution in [3.05, 3.63) is 6.61 Å². The van der Waals surface area contributed by atoms with Gasteiger partial charge >= 0.3 is 0 Å². The zero-order valence-corrected chi connectivity index (χ0v) is 5.18. The van der Waals surface area contributed by atoms with Gasteiger partial charge in [0.05, 0.1) is 6.61 Å². The fraction of sp³-hybridized carbons (Fsp3) is 0.833. The summed E-state index contributed by atoms with van der Waals surface area (Å²) < 4.78 is 4.84. The summed E-state index contributed by atoms with van der Waals surface area (Å²) in [6.45, 7) is 3.00. The Morgan fingerprint density at radius 3 is 3.12 bits per heavy atom. The molecule has 47 valence electrons. The second-order valence-corrected chi connectivity index (χ2v) is 2.07. The molecule has 1 aliphatic rings. The van der Waals surface area contributed by atoms with Crippen LogP contribution in [0.5, 0.6) is 0 Å². The fourth-order valence-corrected chi connectivity index (χ4v) is 0.992. The van der Waals surface area contributed by atoms with Crippen molar-refractivity contribution in [2.24, 2.45) is 0 Å². The van der Waals surface area contributed by atoms with Gasteiger partial charge < -0.3 is 10.1 Å². The van der Waals surface area contributed by atoms with Crippen LogP contribution in [0.3, 0.4) is 0 Å².